The summed E-state index contributed by atoms with van der Waals surface area (Å²) in [7, 11) is 0. The van der Waals surface area contributed by atoms with Gasteiger partial charge in [0.15, 0.2) is 0 Å². The summed E-state index contributed by atoms with van der Waals surface area (Å²) in [4.78, 5) is 27.5. The Balaban J connectivity index is 1.36. The molecule has 2 amide bonds. The molecule has 6 aromatic rings. The highest BCUT2D eigenvalue weighted by molar-refractivity contribution is 6.34. The fraction of sp³-hybridized carbons (Fsp3) is 0.0833. The minimum Gasteiger partial charge on any atom is -0.309 e. The van der Waals surface area contributed by atoms with Crippen molar-refractivity contribution in [2.24, 2.45) is 0 Å². The molecule has 0 saturated heterocycles. The molecule has 41 heavy (non-hydrogen) atoms. The molecular weight excluding hydrogens is 506 g/mol. The molecule has 5 heteroatoms. The maximum atomic E-state index is 13.2. The van der Waals surface area contributed by atoms with E-state index in [0.717, 1.165) is 32.4 Å². The molecule has 0 unspecified atom stereocenters. The van der Waals surface area contributed by atoms with E-state index in [-0.39, 0.29) is 11.0 Å². The number of carbonyl (C=O) groups is 2. The second-order valence-corrected chi connectivity index (χ2v) is 11.2. The standard InChI is InChI=1S/C36H23N3O2/c1-36(2)29-13-7-5-9-23(29)27-19-33-28(18-30(27)36)24-10-6-8-14-32(24)38(33)22-15-16-31(21(17-22)20-37)39-34(40)25-11-3-4-12-26(25)35(39)41/h3-19H,1-2H3. The van der Waals surface area contributed by atoms with E-state index in [1.807, 2.05) is 18.2 Å². The van der Waals surface area contributed by atoms with E-state index < -0.39 is 11.8 Å². The Hall–Kier alpha value is -5.47. The Morgan fingerprint density at radius 1 is 0.634 bits per heavy atom. The number of nitrogens with zero attached hydrogens (tertiary/aromatic N) is 3. The lowest BCUT2D eigenvalue weighted by atomic mass is 9.82. The smallest absolute Gasteiger partial charge is 0.266 e. The van der Waals surface area contributed by atoms with Gasteiger partial charge >= 0.3 is 0 Å². The van der Waals surface area contributed by atoms with Gasteiger partial charge in [-0.1, -0.05) is 68.4 Å². The molecule has 0 spiro atoms. The molecule has 0 fully saturated rings. The number of imide groups is 1. The number of hydrogen-bond acceptors (Lipinski definition) is 3. The first-order chi connectivity index (χ1) is 19.9. The molecule has 0 atom stereocenters. The number of hydrogen-bond donors (Lipinski definition) is 0. The second kappa shape index (κ2) is 8.03. The number of nitriles is 1. The van der Waals surface area contributed by atoms with Crippen LogP contribution in [0.2, 0.25) is 0 Å². The number of fused-ring (bicyclic) bond motifs is 7. The molecule has 0 N–H and O–H groups in total. The predicted molar refractivity (Wildman–Crippen MR) is 161 cm³/mol. The first-order valence-corrected chi connectivity index (χ1v) is 13.6. The number of anilines is 1. The minimum atomic E-state index is -0.413. The summed E-state index contributed by atoms with van der Waals surface area (Å²) < 4.78 is 2.17. The van der Waals surface area contributed by atoms with Crippen LogP contribution in [0.5, 0.6) is 0 Å². The summed E-state index contributed by atoms with van der Waals surface area (Å²) >= 11 is 0. The molecular formula is C36H23N3O2. The summed E-state index contributed by atoms with van der Waals surface area (Å²) in [5.41, 5.74) is 9.05. The monoisotopic (exact) mass is 529 g/mol. The molecule has 1 aliphatic carbocycles. The van der Waals surface area contributed by atoms with E-state index >= 15 is 0 Å². The predicted octanol–water partition coefficient (Wildman–Crippen LogP) is 7.76. The normalized spacial score (nSPS) is 14.8. The van der Waals surface area contributed by atoms with Gasteiger partial charge in [-0.25, -0.2) is 4.90 Å². The largest absolute Gasteiger partial charge is 0.309 e. The molecule has 5 aromatic carbocycles. The quantitative estimate of drug-likeness (QED) is 0.215. The van der Waals surface area contributed by atoms with Crippen LogP contribution in [-0.2, 0) is 5.41 Å². The van der Waals surface area contributed by atoms with Crippen molar-refractivity contribution in [1.82, 2.24) is 4.57 Å². The minimum absolute atomic E-state index is 0.120. The van der Waals surface area contributed by atoms with Crippen LogP contribution >= 0.6 is 0 Å². The first-order valence-electron chi connectivity index (χ1n) is 13.6. The number of para-hydroxylation sites is 1. The Kier molecular flexibility index (Phi) is 4.59. The van der Waals surface area contributed by atoms with E-state index in [2.05, 4.69) is 73.0 Å². The van der Waals surface area contributed by atoms with Crippen LogP contribution in [0.25, 0.3) is 38.6 Å². The number of benzene rings is 5. The Bertz CT molecular complexity index is 2160. The summed E-state index contributed by atoms with van der Waals surface area (Å²) in [6, 6.07) is 35.8. The van der Waals surface area contributed by atoms with Gasteiger partial charge in [-0.05, 0) is 70.8 Å². The van der Waals surface area contributed by atoms with Crippen molar-refractivity contribution in [3.8, 4) is 22.9 Å². The number of carbonyl (C=O) groups excluding carboxylic acids is 2. The maximum absolute atomic E-state index is 13.2. The zero-order chi connectivity index (χ0) is 28.0. The van der Waals surface area contributed by atoms with Gasteiger partial charge in [0.1, 0.15) is 6.07 Å². The van der Waals surface area contributed by atoms with Crippen LogP contribution in [0.3, 0.4) is 0 Å². The summed E-state index contributed by atoms with van der Waals surface area (Å²) in [6.07, 6.45) is 0. The molecule has 8 rings (SSSR count). The fourth-order valence-corrected chi connectivity index (χ4v) is 6.80. The SMILES string of the molecule is CC1(C)c2ccccc2-c2cc3c(cc21)c1ccccc1n3-c1ccc(N2C(=O)c3ccccc3C2=O)c(C#N)c1. The number of rotatable bonds is 2. The van der Waals surface area contributed by atoms with Gasteiger partial charge in [-0.3, -0.25) is 9.59 Å². The van der Waals surface area contributed by atoms with Crippen molar-refractivity contribution in [3.05, 3.63) is 131 Å². The van der Waals surface area contributed by atoms with E-state index in [9.17, 15) is 14.9 Å². The van der Waals surface area contributed by atoms with Crippen LogP contribution in [0.1, 0.15) is 51.3 Å². The van der Waals surface area contributed by atoms with Gasteiger partial charge in [0, 0.05) is 21.9 Å². The summed E-state index contributed by atoms with van der Waals surface area (Å²) in [5, 5.41) is 12.5. The topological polar surface area (TPSA) is 66.1 Å². The van der Waals surface area contributed by atoms with Crippen LogP contribution < -0.4 is 4.90 Å². The molecule has 2 aliphatic rings. The van der Waals surface area contributed by atoms with Crippen molar-refractivity contribution in [2.75, 3.05) is 4.90 Å². The molecule has 0 radical (unpaired) electrons. The molecule has 1 aromatic heterocycles. The highest BCUT2D eigenvalue weighted by Crippen LogP contribution is 2.51. The lowest BCUT2D eigenvalue weighted by Gasteiger charge is -2.21. The molecule has 194 valence electrons. The van der Waals surface area contributed by atoms with Crippen LogP contribution in [0.4, 0.5) is 5.69 Å². The molecule has 5 nitrogen and oxygen atoms in total. The van der Waals surface area contributed by atoms with Gasteiger partial charge in [-0.15, -0.1) is 0 Å². The molecule has 0 bridgehead atoms. The third kappa shape index (κ3) is 2.99. The average molecular weight is 530 g/mol. The van der Waals surface area contributed by atoms with E-state index in [4.69, 9.17) is 0 Å². The first kappa shape index (κ1) is 23.4. The van der Waals surface area contributed by atoms with E-state index in [1.165, 1.54) is 22.3 Å². The van der Waals surface area contributed by atoms with Crippen LogP contribution in [0, 0.1) is 11.3 Å². The van der Waals surface area contributed by atoms with Crippen molar-refractivity contribution < 1.29 is 9.59 Å². The highest BCUT2D eigenvalue weighted by atomic mass is 16.2. The third-order valence-electron chi connectivity index (χ3n) is 8.77. The maximum Gasteiger partial charge on any atom is 0.266 e. The number of amides is 2. The lowest BCUT2D eigenvalue weighted by Crippen LogP contribution is -2.30. The molecule has 1 aliphatic heterocycles. The van der Waals surface area contributed by atoms with E-state index in [1.54, 1.807) is 36.4 Å². The van der Waals surface area contributed by atoms with Crippen molar-refractivity contribution in [3.63, 3.8) is 0 Å². The molecule has 2 heterocycles. The second-order valence-electron chi connectivity index (χ2n) is 11.2. The van der Waals surface area contributed by atoms with Crippen molar-refractivity contribution >= 4 is 39.3 Å². The average Bonchev–Trinajstić information content (AvgIpc) is 3.55. The zero-order valence-corrected chi connectivity index (χ0v) is 22.5. The van der Waals surface area contributed by atoms with Crippen LogP contribution in [0.15, 0.2) is 103 Å². The summed E-state index contributed by atoms with van der Waals surface area (Å²) in [5.74, 6) is -0.827. The van der Waals surface area contributed by atoms with E-state index in [0.29, 0.717) is 16.8 Å². The molecule has 0 saturated carbocycles. The van der Waals surface area contributed by atoms with Crippen LogP contribution in [-0.4, -0.2) is 16.4 Å². The van der Waals surface area contributed by atoms with Gasteiger partial charge in [0.2, 0.25) is 0 Å². The van der Waals surface area contributed by atoms with Gasteiger partial charge in [-0.2, -0.15) is 5.26 Å². The van der Waals surface area contributed by atoms with Gasteiger partial charge in [0.25, 0.3) is 11.8 Å². The fourth-order valence-electron chi connectivity index (χ4n) is 6.80. The van der Waals surface area contributed by atoms with Gasteiger partial charge in [0.05, 0.1) is 33.4 Å². The highest BCUT2D eigenvalue weighted by Gasteiger charge is 2.38. The zero-order valence-electron chi connectivity index (χ0n) is 22.5. The lowest BCUT2D eigenvalue weighted by molar-refractivity contribution is 0.0926. The third-order valence-corrected chi connectivity index (χ3v) is 8.77. The van der Waals surface area contributed by atoms with Crippen molar-refractivity contribution in [1.29, 1.82) is 5.26 Å². The van der Waals surface area contributed by atoms with Gasteiger partial charge < -0.3 is 4.57 Å². The Labute approximate surface area is 236 Å². The summed E-state index contributed by atoms with van der Waals surface area (Å²) in [6.45, 7) is 4.56. The van der Waals surface area contributed by atoms with Crippen molar-refractivity contribution in [2.45, 2.75) is 19.3 Å². The Morgan fingerprint density at radius 2 is 1.29 bits per heavy atom. The Morgan fingerprint density at radius 3 is 2.02 bits per heavy atom. The number of aromatic nitrogens is 1.